The largest absolute Gasteiger partial charge is 0.352 e. The Bertz CT molecular complexity index is 1250. The molecule has 0 radical (unpaired) electrons. The number of aromatic amines is 1. The van der Waals surface area contributed by atoms with Crippen molar-refractivity contribution < 1.29 is 9.59 Å². The molecule has 0 spiro atoms. The second kappa shape index (κ2) is 8.02. The normalized spacial score (nSPS) is 12.7. The van der Waals surface area contributed by atoms with Crippen LogP contribution in [0, 0.1) is 0 Å². The van der Waals surface area contributed by atoms with Gasteiger partial charge < -0.3 is 15.2 Å². The first kappa shape index (κ1) is 19.0. The first-order valence-corrected chi connectivity index (χ1v) is 10.3. The molecule has 0 bridgehead atoms. The van der Waals surface area contributed by atoms with Crippen molar-refractivity contribution in [1.82, 2.24) is 20.3 Å². The van der Waals surface area contributed by atoms with Gasteiger partial charge in [-0.1, -0.05) is 36.4 Å². The third-order valence-electron chi connectivity index (χ3n) is 5.50. The molecule has 0 fully saturated rings. The topological polar surface area (TPSA) is 91.0 Å². The van der Waals surface area contributed by atoms with Gasteiger partial charge in [-0.15, -0.1) is 0 Å². The van der Waals surface area contributed by atoms with Crippen molar-refractivity contribution in [2.45, 2.75) is 12.8 Å². The SMILES string of the molecule is O=C(NCCC(=O)N1CCc2c(-c3ncc[nH]3)nc3ccccc3c21)c1ccccc1. The summed E-state index contributed by atoms with van der Waals surface area (Å²) in [4.78, 5) is 39.5. The second-order valence-corrected chi connectivity index (χ2v) is 7.41. The first-order valence-electron chi connectivity index (χ1n) is 10.3. The van der Waals surface area contributed by atoms with E-state index >= 15 is 0 Å². The maximum Gasteiger partial charge on any atom is 0.251 e. The van der Waals surface area contributed by atoms with Crippen molar-refractivity contribution in [1.29, 1.82) is 0 Å². The molecule has 7 heteroatoms. The number of benzene rings is 2. The number of nitrogens with zero attached hydrogens (tertiary/aromatic N) is 3. The number of hydrogen-bond donors (Lipinski definition) is 2. The van der Waals surface area contributed by atoms with Gasteiger partial charge >= 0.3 is 0 Å². The van der Waals surface area contributed by atoms with Crippen molar-refractivity contribution in [3.8, 4) is 11.5 Å². The van der Waals surface area contributed by atoms with Gasteiger partial charge in [-0.3, -0.25) is 9.59 Å². The standard InChI is InChI=1S/C24H21N5O2/c30-20(10-12-27-24(31)16-6-2-1-3-7-16)29-15-11-18-21(23-25-13-14-26-23)28-19-9-5-4-8-17(19)22(18)29/h1-9,13-14H,10-12,15H2,(H,25,26)(H,27,31). The van der Waals surface area contributed by atoms with Gasteiger partial charge in [0, 0.05) is 48.4 Å². The van der Waals surface area contributed by atoms with Gasteiger partial charge in [0.05, 0.1) is 11.2 Å². The molecule has 2 amide bonds. The van der Waals surface area contributed by atoms with Crippen LogP contribution in [-0.4, -0.2) is 39.9 Å². The monoisotopic (exact) mass is 411 g/mol. The maximum atomic E-state index is 13.1. The molecule has 0 aliphatic carbocycles. The Labute approximate surface area is 179 Å². The molecule has 2 aromatic carbocycles. The number of hydrogen-bond acceptors (Lipinski definition) is 4. The summed E-state index contributed by atoms with van der Waals surface area (Å²) in [5.41, 5.74) is 4.12. The van der Waals surface area contributed by atoms with Gasteiger partial charge in [0.1, 0.15) is 5.69 Å². The molecular formula is C24H21N5O2. The molecule has 0 unspecified atom stereocenters. The van der Waals surface area contributed by atoms with Crippen LogP contribution in [0.4, 0.5) is 5.69 Å². The number of amides is 2. The van der Waals surface area contributed by atoms with Crippen LogP contribution in [-0.2, 0) is 11.2 Å². The molecule has 2 aromatic heterocycles. The van der Waals surface area contributed by atoms with Crippen molar-refractivity contribution in [3.63, 3.8) is 0 Å². The predicted octanol–water partition coefficient (Wildman–Crippen LogP) is 3.33. The number of nitrogens with one attached hydrogen (secondary N) is 2. The summed E-state index contributed by atoms with van der Waals surface area (Å²) >= 11 is 0. The molecule has 1 aliphatic heterocycles. The molecule has 0 saturated carbocycles. The first-order chi connectivity index (χ1) is 15.2. The van der Waals surface area contributed by atoms with E-state index in [1.165, 1.54) is 0 Å². The summed E-state index contributed by atoms with van der Waals surface area (Å²) in [5.74, 6) is 0.505. The van der Waals surface area contributed by atoms with Crippen LogP contribution in [0.25, 0.3) is 22.4 Å². The molecule has 4 aromatic rings. The lowest BCUT2D eigenvalue weighted by atomic mass is 10.1. The van der Waals surface area contributed by atoms with Crippen LogP contribution >= 0.6 is 0 Å². The minimum atomic E-state index is -0.176. The smallest absolute Gasteiger partial charge is 0.251 e. The van der Waals surface area contributed by atoms with E-state index in [-0.39, 0.29) is 24.8 Å². The molecule has 5 rings (SSSR count). The van der Waals surface area contributed by atoms with E-state index in [1.807, 2.05) is 47.4 Å². The van der Waals surface area contributed by atoms with Gasteiger partial charge in [0.15, 0.2) is 5.82 Å². The molecule has 2 N–H and O–H groups in total. The fourth-order valence-electron chi connectivity index (χ4n) is 4.06. The number of anilines is 1. The lowest BCUT2D eigenvalue weighted by molar-refractivity contribution is -0.118. The molecule has 7 nitrogen and oxygen atoms in total. The highest BCUT2D eigenvalue weighted by molar-refractivity contribution is 6.07. The molecular weight excluding hydrogens is 390 g/mol. The Morgan fingerprint density at radius 1 is 1.06 bits per heavy atom. The van der Waals surface area contributed by atoms with Crippen LogP contribution in [0.5, 0.6) is 0 Å². The average molecular weight is 411 g/mol. The van der Waals surface area contributed by atoms with Gasteiger partial charge in [-0.2, -0.15) is 0 Å². The highest BCUT2D eigenvalue weighted by Gasteiger charge is 2.30. The van der Waals surface area contributed by atoms with E-state index in [9.17, 15) is 9.59 Å². The molecule has 0 atom stereocenters. The highest BCUT2D eigenvalue weighted by atomic mass is 16.2. The van der Waals surface area contributed by atoms with Crippen LogP contribution in [0.15, 0.2) is 67.0 Å². The minimum absolute atomic E-state index is 0.0196. The van der Waals surface area contributed by atoms with Crippen molar-refractivity contribution >= 4 is 28.4 Å². The number of carbonyl (C=O) groups excluding carboxylic acids is 2. The molecule has 1 aliphatic rings. The fourth-order valence-corrected chi connectivity index (χ4v) is 4.06. The quantitative estimate of drug-likeness (QED) is 0.527. The Morgan fingerprint density at radius 2 is 1.87 bits per heavy atom. The molecule has 31 heavy (non-hydrogen) atoms. The van der Waals surface area contributed by atoms with Gasteiger partial charge in [-0.05, 0) is 24.6 Å². The number of imidazole rings is 1. The highest BCUT2D eigenvalue weighted by Crippen LogP contribution is 2.39. The van der Waals surface area contributed by atoms with E-state index in [0.29, 0.717) is 24.4 Å². The van der Waals surface area contributed by atoms with Gasteiger partial charge in [0.2, 0.25) is 5.91 Å². The van der Waals surface area contributed by atoms with Crippen molar-refractivity contribution in [3.05, 3.63) is 78.1 Å². The summed E-state index contributed by atoms with van der Waals surface area (Å²) in [6.07, 6.45) is 4.41. The maximum absolute atomic E-state index is 13.1. The summed E-state index contributed by atoms with van der Waals surface area (Å²) in [7, 11) is 0. The number of carbonyl (C=O) groups is 2. The lowest BCUT2D eigenvalue weighted by Gasteiger charge is -2.20. The number of aromatic nitrogens is 3. The molecule has 154 valence electrons. The number of fused-ring (bicyclic) bond motifs is 3. The number of H-pyrrole nitrogens is 1. The zero-order valence-electron chi connectivity index (χ0n) is 16.8. The summed E-state index contributed by atoms with van der Waals surface area (Å²) in [6.45, 7) is 0.872. The Balaban J connectivity index is 1.39. The fraction of sp³-hybridized carbons (Fsp3) is 0.167. The van der Waals surface area contributed by atoms with E-state index in [0.717, 1.165) is 27.8 Å². The van der Waals surface area contributed by atoms with Crippen LogP contribution in [0.2, 0.25) is 0 Å². The van der Waals surface area contributed by atoms with Crippen LogP contribution < -0.4 is 10.2 Å². The summed E-state index contributed by atoms with van der Waals surface area (Å²) in [5, 5.41) is 3.79. The van der Waals surface area contributed by atoms with E-state index in [2.05, 4.69) is 15.3 Å². The number of pyridine rings is 1. The lowest BCUT2D eigenvalue weighted by Crippen LogP contribution is -2.33. The number of rotatable bonds is 5. The summed E-state index contributed by atoms with van der Waals surface area (Å²) < 4.78 is 0. The summed E-state index contributed by atoms with van der Waals surface area (Å²) in [6, 6.07) is 16.8. The Kier molecular flexibility index (Phi) is 4.92. The van der Waals surface area contributed by atoms with Crippen LogP contribution in [0.3, 0.4) is 0 Å². The zero-order chi connectivity index (χ0) is 21.2. The van der Waals surface area contributed by atoms with E-state index < -0.39 is 0 Å². The molecule has 0 saturated heterocycles. The van der Waals surface area contributed by atoms with Crippen LogP contribution in [0.1, 0.15) is 22.3 Å². The Hall–Kier alpha value is -4.00. The van der Waals surface area contributed by atoms with E-state index in [1.54, 1.807) is 24.5 Å². The van der Waals surface area contributed by atoms with Gasteiger partial charge in [0.25, 0.3) is 5.91 Å². The van der Waals surface area contributed by atoms with Crippen molar-refractivity contribution in [2.24, 2.45) is 0 Å². The van der Waals surface area contributed by atoms with Crippen molar-refractivity contribution in [2.75, 3.05) is 18.0 Å². The average Bonchev–Trinajstić information content (AvgIpc) is 3.50. The number of para-hydroxylation sites is 1. The van der Waals surface area contributed by atoms with Gasteiger partial charge in [-0.25, -0.2) is 9.97 Å². The Morgan fingerprint density at radius 3 is 2.68 bits per heavy atom. The zero-order valence-corrected chi connectivity index (χ0v) is 16.8. The predicted molar refractivity (Wildman–Crippen MR) is 119 cm³/mol. The molecule has 3 heterocycles. The third-order valence-corrected chi connectivity index (χ3v) is 5.50. The minimum Gasteiger partial charge on any atom is -0.352 e. The second-order valence-electron chi connectivity index (χ2n) is 7.41. The third kappa shape index (κ3) is 3.54. The van der Waals surface area contributed by atoms with E-state index in [4.69, 9.17) is 4.98 Å².